The number of hydrogen-bond donors (Lipinski definition) is 2. The van der Waals surface area contributed by atoms with Crippen molar-refractivity contribution in [3.8, 4) is 0 Å². The van der Waals surface area contributed by atoms with E-state index in [4.69, 9.17) is 0 Å². The summed E-state index contributed by atoms with van der Waals surface area (Å²) in [5, 5.41) is 18.8. The van der Waals surface area contributed by atoms with Gasteiger partial charge in [-0.15, -0.1) is 0 Å². The average Bonchev–Trinajstić information content (AvgIpc) is 2.37. The molecule has 0 bridgehead atoms. The van der Waals surface area contributed by atoms with Crippen LogP contribution in [0.5, 0.6) is 0 Å². The normalized spacial score (nSPS) is 10.4. The Balaban J connectivity index is 2.25. The van der Waals surface area contributed by atoms with Crippen LogP contribution >= 0.6 is 0 Å². The molecule has 2 aromatic carbocycles. The van der Waals surface area contributed by atoms with Crippen molar-refractivity contribution in [1.82, 2.24) is 0 Å². The summed E-state index contributed by atoms with van der Waals surface area (Å²) in [5.41, 5.74) is 5.06. The molecular weight excluding hydrogens is 249 g/mol. The van der Waals surface area contributed by atoms with E-state index in [2.05, 4.69) is 36.9 Å². The molecule has 0 aliphatic heterocycles. The Morgan fingerprint density at radius 1 is 1.00 bits per heavy atom. The molecule has 0 amide bonds. The van der Waals surface area contributed by atoms with Crippen LogP contribution in [0.15, 0.2) is 42.5 Å². The number of anilines is 1. The van der Waals surface area contributed by atoms with Crippen LogP contribution in [0.4, 0.5) is 5.69 Å². The van der Waals surface area contributed by atoms with Gasteiger partial charge in [-0.1, -0.05) is 30.3 Å². The van der Waals surface area contributed by atoms with Crippen LogP contribution in [0, 0.1) is 13.8 Å². The van der Waals surface area contributed by atoms with Crippen molar-refractivity contribution < 1.29 is 10.0 Å². The first-order valence-corrected chi connectivity index (χ1v) is 6.71. The Hall–Kier alpha value is -1.78. The van der Waals surface area contributed by atoms with Crippen molar-refractivity contribution in [3.05, 3.63) is 59.2 Å². The maximum Gasteiger partial charge on any atom is 0.488 e. The molecule has 0 atom stereocenters. The van der Waals surface area contributed by atoms with Crippen molar-refractivity contribution in [3.63, 3.8) is 0 Å². The van der Waals surface area contributed by atoms with Gasteiger partial charge in [0.1, 0.15) is 0 Å². The Morgan fingerprint density at radius 2 is 1.60 bits per heavy atom. The fourth-order valence-corrected chi connectivity index (χ4v) is 2.45. The van der Waals surface area contributed by atoms with Gasteiger partial charge in [0, 0.05) is 19.3 Å². The van der Waals surface area contributed by atoms with Crippen LogP contribution in [0.25, 0.3) is 0 Å². The van der Waals surface area contributed by atoms with E-state index >= 15 is 0 Å². The van der Waals surface area contributed by atoms with Crippen LogP contribution < -0.4 is 10.4 Å². The third-order valence-corrected chi connectivity index (χ3v) is 3.39. The van der Waals surface area contributed by atoms with Crippen molar-refractivity contribution in [1.29, 1.82) is 0 Å². The summed E-state index contributed by atoms with van der Waals surface area (Å²) >= 11 is 0. The zero-order valence-electron chi connectivity index (χ0n) is 12.2. The standard InChI is InChI=1S/C16H20BNO2/c1-12-8-13(2)10-15(9-12)18(3)11-14-6-4-5-7-16(14)17(19)20/h4-10,19-20H,11H2,1-3H3. The Bertz CT molecular complexity index is 579. The van der Waals surface area contributed by atoms with E-state index in [1.165, 1.54) is 11.1 Å². The Labute approximate surface area is 120 Å². The lowest BCUT2D eigenvalue weighted by Crippen LogP contribution is -2.35. The Kier molecular flexibility index (Phi) is 4.48. The first-order valence-electron chi connectivity index (χ1n) is 6.71. The minimum absolute atomic E-state index is 0.559. The molecule has 0 fully saturated rings. The monoisotopic (exact) mass is 269 g/mol. The molecule has 0 heterocycles. The summed E-state index contributed by atoms with van der Waals surface area (Å²) in [5.74, 6) is 0. The first kappa shape index (κ1) is 14.6. The zero-order valence-corrected chi connectivity index (χ0v) is 12.2. The zero-order chi connectivity index (χ0) is 14.7. The van der Waals surface area contributed by atoms with E-state index in [1.807, 2.05) is 25.2 Å². The van der Waals surface area contributed by atoms with Gasteiger partial charge in [-0.3, -0.25) is 0 Å². The maximum atomic E-state index is 9.41. The molecule has 20 heavy (non-hydrogen) atoms. The highest BCUT2D eigenvalue weighted by atomic mass is 16.4. The molecule has 0 spiro atoms. The molecule has 2 N–H and O–H groups in total. The van der Waals surface area contributed by atoms with Crippen molar-refractivity contribution in [2.24, 2.45) is 0 Å². The molecule has 0 aliphatic carbocycles. The molecule has 0 aromatic heterocycles. The fraction of sp³-hybridized carbons (Fsp3) is 0.250. The predicted molar refractivity (Wildman–Crippen MR) is 84.3 cm³/mol. The molecule has 0 unspecified atom stereocenters. The second-order valence-electron chi connectivity index (χ2n) is 5.27. The molecular formula is C16H20BNO2. The van der Waals surface area contributed by atoms with Gasteiger partial charge in [-0.05, 0) is 48.1 Å². The smallest absolute Gasteiger partial charge is 0.423 e. The second-order valence-corrected chi connectivity index (χ2v) is 5.27. The third kappa shape index (κ3) is 3.41. The van der Waals surface area contributed by atoms with E-state index in [-0.39, 0.29) is 0 Å². The minimum atomic E-state index is -1.43. The average molecular weight is 269 g/mol. The number of nitrogens with zero attached hydrogens (tertiary/aromatic N) is 1. The van der Waals surface area contributed by atoms with Gasteiger partial charge in [-0.2, -0.15) is 0 Å². The minimum Gasteiger partial charge on any atom is -0.423 e. The summed E-state index contributed by atoms with van der Waals surface area (Å²) in [6.45, 7) is 4.79. The molecule has 0 saturated carbocycles. The predicted octanol–water partition coefficient (Wildman–Crippen LogP) is 1.62. The fourth-order valence-electron chi connectivity index (χ4n) is 2.45. The lowest BCUT2D eigenvalue weighted by Gasteiger charge is -2.22. The molecule has 4 heteroatoms. The van der Waals surface area contributed by atoms with Crippen LogP contribution in [0.2, 0.25) is 0 Å². The van der Waals surface area contributed by atoms with E-state index in [0.717, 1.165) is 11.3 Å². The molecule has 0 radical (unpaired) electrons. The molecule has 3 nitrogen and oxygen atoms in total. The van der Waals surface area contributed by atoms with Gasteiger partial charge in [0.25, 0.3) is 0 Å². The van der Waals surface area contributed by atoms with Crippen LogP contribution in [-0.4, -0.2) is 24.2 Å². The number of benzene rings is 2. The van der Waals surface area contributed by atoms with Crippen LogP contribution in [-0.2, 0) is 6.54 Å². The highest BCUT2D eigenvalue weighted by Gasteiger charge is 2.16. The first-order chi connectivity index (χ1) is 9.47. The summed E-state index contributed by atoms with van der Waals surface area (Å²) in [4.78, 5) is 2.11. The van der Waals surface area contributed by atoms with E-state index in [0.29, 0.717) is 12.0 Å². The van der Waals surface area contributed by atoms with Gasteiger partial charge < -0.3 is 14.9 Å². The van der Waals surface area contributed by atoms with E-state index in [1.54, 1.807) is 6.07 Å². The largest absolute Gasteiger partial charge is 0.488 e. The topological polar surface area (TPSA) is 43.7 Å². The van der Waals surface area contributed by atoms with Gasteiger partial charge >= 0.3 is 7.12 Å². The lowest BCUT2D eigenvalue weighted by molar-refractivity contribution is 0.425. The number of rotatable bonds is 4. The number of hydrogen-bond acceptors (Lipinski definition) is 3. The summed E-state index contributed by atoms with van der Waals surface area (Å²) in [7, 11) is 0.577. The molecule has 2 aromatic rings. The molecule has 104 valence electrons. The summed E-state index contributed by atoms with van der Waals surface area (Å²) in [6.07, 6.45) is 0. The quantitative estimate of drug-likeness (QED) is 0.829. The highest BCUT2D eigenvalue weighted by molar-refractivity contribution is 6.59. The molecule has 0 aliphatic rings. The highest BCUT2D eigenvalue weighted by Crippen LogP contribution is 2.19. The van der Waals surface area contributed by atoms with Gasteiger partial charge in [0.05, 0.1) is 0 Å². The Morgan fingerprint density at radius 3 is 2.20 bits per heavy atom. The SMILES string of the molecule is Cc1cc(C)cc(N(C)Cc2ccccc2B(O)O)c1. The van der Waals surface area contributed by atoms with E-state index in [9.17, 15) is 10.0 Å². The van der Waals surface area contributed by atoms with Gasteiger partial charge in [0.2, 0.25) is 0 Å². The van der Waals surface area contributed by atoms with Gasteiger partial charge in [-0.25, -0.2) is 0 Å². The van der Waals surface area contributed by atoms with Crippen molar-refractivity contribution in [2.45, 2.75) is 20.4 Å². The summed E-state index contributed by atoms with van der Waals surface area (Å²) in [6, 6.07) is 13.8. The van der Waals surface area contributed by atoms with Gasteiger partial charge in [0.15, 0.2) is 0 Å². The van der Waals surface area contributed by atoms with E-state index < -0.39 is 7.12 Å². The lowest BCUT2D eigenvalue weighted by atomic mass is 9.77. The van der Waals surface area contributed by atoms with Crippen LogP contribution in [0.1, 0.15) is 16.7 Å². The molecule has 0 saturated heterocycles. The van der Waals surface area contributed by atoms with Crippen LogP contribution in [0.3, 0.4) is 0 Å². The maximum absolute atomic E-state index is 9.41. The van der Waals surface area contributed by atoms with Crippen molar-refractivity contribution in [2.75, 3.05) is 11.9 Å². The van der Waals surface area contributed by atoms with Crippen molar-refractivity contribution >= 4 is 18.3 Å². The summed E-state index contributed by atoms with van der Waals surface area (Å²) < 4.78 is 0. The molecule has 2 rings (SSSR count). The third-order valence-electron chi connectivity index (χ3n) is 3.39. The number of aryl methyl sites for hydroxylation is 2. The second kappa shape index (κ2) is 6.12.